The first-order valence-electron chi connectivity index (χ1n) is 7.31. The molecule has 2 nitrogen and oxygen atoms in total. The van der Waals surface area contributed by atoms with E-state index in [0.717, 1.165) is 17.2 Å². The van der Waals surface area contributed by atoms with Crippen LogP contribution in [0.15, 0.2) is 24.3 Å². The Hall–Kier alpha value is -0.670. The minimum absolute atomic E-state index is 0.270. The summed E-state index contributed by atoms with van der Waals surface area (Å²) < 4.78 is 0. The number of phenolic OH excluding ortho intramolecular Hbond substituents is 1. The fourth-order valence-corrected chi connectivity index (χ4v) is 3.83. The Balaban J connectivity index is 2.01. The molecule has 0 amide bonds. The molecule has 0 aromatic heterocycles. The average molecular weight is 279 g/mol. The number of hydrogen-bond acceptors (Lipinski definition) is 3. The first kappa shape index (κ1) is 14.7. The van der Waals surface area contributed by atoms with Crippen molar-refractivity contribution in [3.05, 3.63) is 29.8 Å². The topological polar surface area (TPSA) is 32.3 Å². The molecule has 3 heteroatoms. The summed E-state index contributed by atoms with van der Waals surface area (Å²) in [4.78, 5) is 0. The summed E-state index contributed by atoms with van der Waals surface area (Å²) in [5.41, 5.74) is 1.04. The van der Waals surface area contributed by atoms with Crippen LogP contribution in [0.1, 0.15) is 50.6 Å². The highest BCUT2D eigenvalue weighted by Crippen LogP contribution is 2.31. The first-order valence-corrected chi connectivity index (χ1v) is 8.60. The summed E-state index contributed by atoms with van der Waals surface area (Å²) in [6.07, 6.45) is 8.42. The van der Waals surface area contributed by atoms with Gasteiger partial charge in [0.2, 0.25) is 0 Å². The normalized spacial score (nSPS) is 25.2. The van der Waals surface area contributed by atoms with Crippen molar-refractivity contribution in [2.24, 2.45) is 0 Å². The van der Waals surface area contributed by atoms with Gasteiger partial charge in [0.05, 0.1) is 0 Å². The van der Waals surface area contributed by atoms with Crippen molar-refractivity contribution in [2.75, 3.05) is 6.26 Å². The van der Waals surface area contributed by atoms with E-state index in [-0.39, 0.29) is 6.04 Å². The zero-order valence-electron chi connectivity index (χ0n) is 11.9. The van der Waals surface area contributed by atoms with Crippen LogP contribution in [0.3, 0.4) is 0 Å². The molecule has 1 aromatic rings. The van der Waals surface area contributed by atoms with Crippen molar-refractivity contribution >= 4 is 11.8 Å². The van der Waals surface area contributed by atoms with Crippen LogP contribution in [-0.4, -0.2) is 22.7 Å². The Morgan fingerprint density at radius 2 is 2.16 bits per heavy atom. The van der Waals surface area contributed by atoms with Crippen LogP contribution in [-0.2, 0) is 0 Å². The van der Waals surface area contributed by atoms with Crippen LogP contribution in [0.25, 0.3) is 0 Å². The second kappa shape index (κ2) is 7.20. The lowest BCUT2D eigenvalue weighted by Gasteiger charge is -2.32. The van der Waals surface area contributed by atoms with E-state index in [9.17, 15) is 5.11 Å². The fraction of sp³-hybridized carbons (Fsp3) is 0.625. The molecule has 2 N–H and O–H groups in total. The molecule has 0 aliphatic heterocycles. The largest absolute Gasteiger partial charge is 0.508 e. The number of rotatable bonds is 5. The summed E-state index contributed by atoms with van der Waals surface area (Å²) in [7, 11) is 0. The zero-order chi connectivity index (χ0) is 13.7. The smallest absolute Gasteiger partial charge is 0.120 e. The van der Waals surface area contributed by atoms with Crippen molar-refractivity contribution in [3.8, 4) is 5.75 Å². The van der Waals surface area contributed by atoms with E-state index in [1.54, 1.807) is 6.07 Å². The molecular formula is C16H25NOS. The molecule has 0 spiro atoms. The minimum Gasteiger partial charge on any atom is -0.508 e. The van der Waals surface area contributed by atoms with Gasteiger partial charge in [0, 0.05) is 22.9 Å². The van der Waals surface area contributed by atoms with Gasteiger partial charge in [-0.3, -0.25) is 0 Å². The molecule has 0 heterocycles. The Labute approximate surface area is 121 Å². The summed E-state index contributed by atoms with van der Waals surface area (Å²) in [6, 6.07) is 8.57. The van der Waals surface area contributed by atoms with Gasteiger partial charge in [-0.2, -0.15) is 11.8 Å². The van der Waals surface area contributed by atoms with Gasteiger partial charge in [0.1, 0.15) is 5.75 Å². The molecule has 0 radical (unpaired) electrons. The predicted molar refractivity (Wildman–Crippen MR) is 83.8 cm³/mol. The molecule has 0 bridgehead atoms. The lowest BCUT2D eigenvalue weighted by atomic mass is 9.93. The quantitative estimate of drug-likeness (QED) is 0.851. The van der Waals surface area contributed by atoms with E-state index in [0.29, 0.717) is 11.8 Å². The first-order chi connectivity index (χ1) is 9.24. The molecular weight excluding hydrogens is 254 g/mol. The third-order valence-electron chi connectivity index (χ3n) is 4.12. The molecule has 1 fully saturated rings. The molecule has 0 saturated heterocycles. The Bertz CT molecular complexity index is 396. The van der Waals surface area contributed by atoms with E-state index in [4.69, 9.17) is 0 Å². The maximum atomic E-state index is 10.00. The maximum Gasteiger partial charge on any atom is 0.120 e. The van der Waals surface area contributed by atoms with Crippen LogP contribution in [0.5, 0.6) is 5.75 Å². The highest BCUT2D eigenvalue weighted by atomic mass is 32.2. The highest BCUT2D eigenvalue weighted by Gasteiger charge is 2.24. The van der Waals surface area contributed by atoms with E-state index in [1.165, 1.54) is 25.7 Å². The van der Waals surface area contributed by atoms with E-state index < -0.39 is 0 Å². The van der Waals surface area contributed by atoms with Gasteiger partial charge in [-0.15, -0.1) is 0 Å². The minimum atomic E-state index is 0.270. The number of phenols is 1. The van der Waals surface area contributed by atoms with Gasteiger partial charge in [-0.1, -0.05) is 31.5 Å². The molecule has 106 valence electrons. The van der Waals surface area contributed by atoms with E-state index >= 15 is 0 Å². The average Bonchev–Trinajstić information content (AvgIpc) is 2.46. The van der Waals surface area contributed by atoms with E-state index in [1.807, 2.05) is 30.0 Å². The van der Waals surface area contributed by atoms with Crippen LogP contribution < -0.4 is 5.32 Å². The summed E-state index contributed by atoms with van der Waals surface area (Å²) in [5.74, 6) is 0.416. The molecule has 1 aliphatic carbocycles. The number of benzene rings is 1. The van der Waals surface area contributed by atoms with Crippen LogP contribution in [0.2, 0.25) is 0 Å². The van der Waals surface area contributed by atoms with Gasteiger partial charge in [0.15, 0.2) is 0 Å². The Morgan fingerprint density at radius 1 is 1.37 bits per heavy atom. The highest BCUT2D eigenvalue weighted by molar-refractivity contribution is 7.99. The molecule has 2 rings (SSSR count). The summed E-state index contributed by atoms with van der Waals surface area (Å²) >= 11 is 1.99. The number of para-hydroxylation sites is 1. The number of hydrogen-bond donors (Lipinski definition) is 2. The lowest BCUT2D eigenvalue weighted by Crippen LogP contribution is -2.37. The molecule has 3 atom stereocenters. The van der Waals surface area contributed by atoms with Gasteiger partial charge in [-0.05, 0) is 38.0 Å². The molecule has 1 aliphatic rings. The fourth-order valence-electron chi connectivity index (χ4n) is 3.00. The lowest BCUT2D eigenvalue weighted by molar-refractivity contribution is 0.334. The van der Waals surface area contributed by atoms with Crippen molar-refractivity contribution in [3.63, 3.8) is 0 Å². The van der Waals surface area contributed by atoms with Gasteiger partial charge in [0.25, 0.3) is 0 Å². The van der Waals surface area contributed by atoms with Gasteiger partial charge < -0.3 is 10.4 Å². The zero-order valence-corrected chi connectivity index (χ0v) is 12.7. The van der Waals surface area contributed by atoms with Crippen LogP contribution >= 0.6 is 11.8 Å². The van der Waals surface area contributed by atoms with Gasteiger partial charge >= 0.3 is 0 Å². The SMILES string of the molecule is CCC(NC1CCCC(SC)C1)c1ccccc1O. The van der Waals surface area contributed by atoms with Crippen LogP contribution in [0, 0.1) is 0 Å². The number of aromatic hydroxyl groups is 1. The van der Waals surface area contributed by atoms with Gasteiger partial charge in [-0.25, -0.2) is 0 Å². The van der Waals surface area contributed by atoms with Crippen molar-refractivity contribution in [2.45, 2.75) is 56.4 Å². The predicted octanol–water partition coefficient (Wildman–Crippen LogP) is 4.11. The second-order valence-corrected chi connectivity index (χ2v) is 6.55. The summed E-state index contributed by atoms with van der Waals surface area (Å²) in [6.45, 7) is 2.18. The molecule has 1 saturated carbocycles. The molecule has 19 heavy (non-hydrogen) atoms. The standard InChI is InChI=1S/C16H25NOS/c1-3-15(14-9-4-5-10-16(14)18)17-12-7-6-8-13(11-12)19-2/h4-5,9-10,12-13,15,17-18H,3,6-8,11H2,1-2H3. The van der Waals surface area contributed by atoms with Crippen molar-refractivity contribution in [1.82, 2.24) is 5.32 Å². The second-order valence-electron chi connectivity index (χ2n) is 5.41. The Morgan fingerprint density at radius 3 is 2.84 bits per heavy atom. The monoisotopic (exact) mass is 279 g/mol. The maximum absolute atomic E-state index is 10.00. The van der Waals surface area contributed by atoms with Crippen molar-refractivity contribution in [1.29, 1.82) is 0 Å². The number of nitrogens with one attached hydrogen (secondary N) is 1. The third-order valence-corrected chi connectivity index (χ3v) is 5.21. The molecule has 1 aromatic carbocycles. The van der Waals surface area contributed by atoms with Crippen LogP contribution in [0.4, 0.5) is 0 Å². The number of thioether (sulfide) groups is 1. The van der Waals surface area contributed by atoms with Crippen molar-refractivity contribution < 1.29 is 5.11 Å². The molecule has 3 unspecified atom stereocenters. The summed E-state index contributed by atoms with van der Waals surface area (Å²) in [5, 5.41) is 14.5. The Kier molecular flexibility index (Phi) is 5.59. The third kappa shape index (κ3) is 3.90. The van der Waals surface area contributed by atoms with E-state index in [2.05, 4.69) is 18.5 Å².